The van der Waals surface area contributed by atoms with E-state index in [4.69, 9.17) is 0 Å². The zero-order valence-electron chi connectivity index (χ0n) is 8.49. The monoisotopic (exact) mass is 274 g/mol. The van der Waals surface area contributed by atoms with Gasteiger partial charge < -0.3 is 0 Å². The summed E-state index contributed by atoms with van der Waals surface area (Å²) in [6.07, 6.45) is -7.61. The van der Waals surface area contributed by atoms with Crippen LogP contribution in [0.2, 0.25) is 0 Å². The Kier molecular flexibility index (Phi) is 3.68. The van der Waals surface area contributed by atoms with Gasteiger partial charge in [-0.15, -0.1) is 0 Å². The molecule has 18 heavy (non-hydrogen) atoms. The van der Waals surface area contributed by atoms with Gasteiger partial charge in [-0.2, -0.15) is 22.0 Å². The average molecular weight is 274 g/mol. The standard InChI is InChI=1S/C10H5F7O/c11-6-3-1-2-5(8(6)12)4-7(18)9(13,14)10(15,16)17/h1-3H,4H2. The Labute approximate surface area is 96.2 Å². The van der Waals surface area contributed by atoms with E-state index in [1.807, 2.05) is 0 Å². The van der Waals surface area contributed by atoms with Gasteiger partial charge in [0, 0.05) is 6.42 Å². The Morgan fingerprint density at radius 1 is 1.06 bits per heavy atom. The molecular formula is C10H5F7O. The van der Waals surface area contributed by atoms with Gasteiger partial charge in [0.15, 0.2) is 11.6 Å². The molecule has 0 heterocycles. The summed E-state index contributed by atoms with van der Waals surface area (Å²) in [5, 5.41) is 0. The second-order valence-electron chi connectivity index (χ2n) is 3.39. The van der Waals surface area contributed by atoms with Crippen LogP contribution in [-0.4, -0.2) is 17.9 Å². The third-order valence-corrected chi connectivity index (χ3v) is 2.09. The van der Waals surface area contributed by atoms with Crippen LogP contribution in [0.25, 0.3) is 0 Å². The summed E-state index contributed by atoms with van der Waals surface area (Å²) in [7, 11) is 0. The number of benzene rings is 1. The number of Topliss-reactive ketones (excluding diaryl/α,β-unsaturated/α-hetero) is 1. The van der Waals surface area contributed by atoms with E-state index < -0.39 is 41.5 Å². The van der Waals surface area contributed by atoms with Crippen molar-refractivity contribution in [2.24, 2.45) is 0 Å². The summed E-state index contributed by atoms with van der Waals surface area (Å²) in [5.74, 6) is -11.2. The minimum Gasteiger partial charge on any atom is -0.292 e. The van der Waals surface area contributed by atoms with Crippen molar-refractivity contribution in [2.75, 3.05) is 0 Å². The Morgan fingerprint density at radius 3 is 2.11 bits per heavy atom. The van der Waals surface area contributed by atoms with Crippen LogP contribution in [0.4, 0.5) is 30.7 Å². The van der Waals surface area contributed by atoms with Gasteiger partial charge in [0.05, 0.1) is 0 Å². The highest BCUT2D eigenvalue weighted by Gasteiger charge is 2.62. The van der Waals surface area contributed by atoms with Gasteiger partial charge in [0.25, 0.3) is 0 Å². The predicted octanol–water partition coefficient (Wildman–Crippen LogP) is 3.27. The number of halogens is 7. The minimum atomic E-state index is -6.06. The van der Waals surface area contributed by atoms with Crippen molar-refractivity contribution in [3.63, 3.8) is 0 Å². The number of alkyl halides is 5. The average Bonchev–Trinajstić information content (AvgIpc) is 2.23. The SMILES string of the molecule is O=C(Cc1cccc(F)c1F)C(F)(F)C(F)(F)F. The molecule has 1 nitrogen and oxygen atoms in total. The molecule has 1 aromatic rings. The van der Waals surface area contributed by atoms with Gasteiger partial charge in [0.1, 0.15) is 0 Å². The molecule has 1 aromatic carbocycles. The largest absolute Gasteiger partial charge is 0.461 e. The lowest BCUT2D eigenvalue weighted by atomic mass is 10.0. The van der Waals surface area contributed by atoms with Crippen molar-refractivity contribution in [1.29, 1.82) is 0 Å². The van der Waals surface area contributed by atoms with E-state index in [9.17, 15) is 35.5 Å². The lowest BCUT2D eigenvalue weighted by Crippen LogP contribution is -2.45. The maximum atomic E-state index is 13.0. The molecular weight excluding hydrogens is 269 g/mol. The van der Waals surface area contributed by atoms with Crippen molar-refractivity contribution in [2.45, 2.75) is 18.5 Å². The molecule has 0 unspecified atom stereocenters. The summed E-state index contributed by atoms with van der Waals surface area (Å²) in [4.78, 5) is 10.8. The third-order valence-electron chi connectivity index (χ3n) is 2.09. The number of carbonyl (C=O) groups excluding carboxylic acids is 1. The second-order valence-corrected chi connectivity index (χ2v) is 3.39. The molecule has 0 aliphatic heterocycles. The predicted molar refractivity (Wildman–Crippen MR) is 46.1 cm³/mol. The van der Waals surface area contributed by atoms with Crippen LogP contribution in [0.3, 0.4) is 0 Å². The molecule has 0 aliphatic carbocycles. The Balaban J connectivity index is 2.99. The van der Waals surface area contributed by atoms with Crippen molar-refractivity contribution < 1.29 is 35.5 Å². The van der Waals surface area contributed by atoms with Crippen molar-refractivity contribution in [3.8, 4) is 0 Å². The minimum absolute atomic E-state index is 0.644. The first-order valence-electron chi connectivity index (χ1n) is 4.48. The molecule has 0 radical (unpaired) electrons. The van der Waals surface area contributed by atoms with E-state index in [1.165, 1.54) is 0 Å². The zero-order valence-corrected chi connectivity index (χ0v) is 8.49. The first-order valence-corrected chi connectivity index (χ1v) is 4.48. The number of carbonyl (C=O) groups is 1. The van der Waals surface area contributed by atoms with Crippen LogP contribution in [0.5, 0.6) is 0 Å². The van der Waals surface area contributed by atoms with Gasteiger partial charge in [-0.3, -0.25) is 4.79 Å². The van der Waals surface area contributed by atoms with E-state index in [-0.39, 0.29) is 0 Å². The fourth-order valence-corrected chi connectivity index (χ4v) is 1.13. The highest BCUT2D eigenvalue weighted by atomic mass is 19.4. The third kappa shape index (κ3) is 2.62. The van der Waals surface area contributed by atoms with Crippen molar-refractivity contribution in [1.82, 2.24) is 0 Å². The topological polar surface area (TPSA) is 17.1 Å². The van der Waals surface area contributed by atoms with E-state index >= 15 is 0 Å². The lowest BCUT2D eigenvalue weighted by molar-refractivity contribution is -0.268. The fourth-order valence-electron chi connectivity index (χ4n) is 1.13. The molecule has 0 aliphatic rings. The fraction of sp³-hybridized carbons (Fsp3) is 0.300. The normalized spacial score (nSPS) is 12.6. The van der Waals surface area contributed by atoms with Gasteiger partial charge in [-0.25, -0.2) is 8.78 Å². The summed E-state index contributed by atoms with van der Waals surface area (Å²) in [5.41, 5.74) is -0.857. The van der Waals surface area contributed by atoms with Gasteiger partial charge in [0.2, 0.25) is 5.78 Å². The molecule has 0 bridgehead atoms. The molecule has 8 heteroatoms. The first-order chi connectivity index (χ1) is 8.07. The number of ketones is 1. The van der Waals surface area contributed by atoms with Crippen LogP contribution in [0, 0.1) is 11.6 Å². The summed E-state index contributed by atoms with van der Waals surface area (Å²) in [6, 6.07) is 2.29. The van der Waals surface area contributed by atoms with Crippen LogP contribution in [0.15, 0.2) is 18.2 Å². The van der Waals surface area contributed by atoms with Crippen LogP contribution in [0.1, 0.15) is 5.56 Å². The maximum Gasteiger partial charge on any atom is 0.461 e. The van der Waals surface area contributed by atoms with E-state index in [0.29, 0.717) is 6.07 Å². The van der Waals surface area contributed by atoms with Crippen molar-refractivity contribution >= 4 is 5.78 Å². The lowest BCUT2D eigenvalue weighted by Gasteiger charge is -2.18. The summed E-state index contributed by atoms with van der Waals surface area (Å²) >= 11 is 0. The van der Waals surface area contributed by atoms with E-state index in [2.05, 4.69) is 0 Å². The molecule has 0 fully saturated rings. The number of hydrogen-bond acceptors (Lipinski definition) is 1. The smallest absolute Gasteiger partial charge is 0.292 e. The van der Waals surface area contributed by atoms with Crippen LogP contribution in [-0.2, 0) is 11.2 Å². The molecule has 0 saturated carbocycles. The molecule has 0 atom stereocenters. The van der Waals surface area contributed by atoms with Gasteiger partial charge in [-0.05, 0) is 11.6 Å². The quantitative estimate of drug-likeness (QED) is 0.773. The highest BCUT2D eigenvalue weighted by Crippen LogP contribution is 2.37. The van der Waals surface area contributed by atoms with Gasteiger partial charge >= 0.3 is 12.1 Å². The molecule has 0 N–H and O–H groups in total. The second kappa shape index (κ2) is 4.58. The van der Waals surface area contributed by atoms with Gasteiger partial charge in [-0.1, -0.05) is 12.1 Å². The van der Waals surface area contributed by atoms with Crippen LogP contribution < -0.4 is 0 Å². The first kappa shape index (κ1) is 14.5. The molecule has 0 amide bonds. The Hall–Kier alpha value is -1.60. The molecule has 1 rings (SSSR count). The zero-order chi connectivity index (χ0) is 14.1. The molecule has 0 aromatic heterocycles. The van der Waals surface area contributed by atoms with Crippen LogP contribution >= 0.6 is 0 Å². The Bertz CT molecular complexity index is 464. The van der Waals surface area contributed by atoms with E-state index in [0.717, 1.165) is 12.1 Å². The highest BCUT2D eigenvalue weighted by molar-refractivity contribution is 5.88. The molecule has 0 saturated heterocycles. The Morgan fingerprint density at radius 2 is 1.61 bits per heavy atom. The number of rotatable bonds is 3. The summed E-state index contributed by atoms with van der Waals surface area (Å²) < 4.78 is 86.2. The molecule has 100 valence electrons. The number of hydrogen-bond donors (Lipinski definition) is 0. The maximum absolute atomic E-state index is 13.0. The van der Waals surface area contributed by atoms with E-state index in [1.54, 1.807) is 0 Å². The van der Waals surface area contributed by atoms with Crippen molar-refractivity contribution in [3.05, 3.63) is 35.4 Å². The summed E-state index contributed by atoms with van der Waals surface area (Å²) in [6.45, 7) is 0. The molecule has 0 spiro atoms.